The normalized spacial score (nSPS) is 18.1. The van der Waals surface area contributed by atoms with Gasteiger partial charge in [-0.05, 0) is 136 Å². The Morgan fingerprint density at radius 3 is 1.80 bits per heavy atom. The van der Waals surface area contributed by atoms with E-state index in [1.807, 2.05) is 31.2 Å². The Labute approximate surface area is 560 Å². The van der Waals surface area contributed by atoms with Crippen LogP contribution in [0, 0.1) is 52.2 Å². The number of hydrogen-bond acceptors (Lipinski definition) is 19. The van der Waals surface area contributed by atoms with Crippen LogP contribution in [0.4, 0.5) is 11.8 Å². The number of halogens is 5. The zero-order valence-electron chi connectivity index (χ0n) is 50.6. The number of carbonyl (C=O) groups is 3. The van der Waals surface area contributed by atoms with Crippen molar-refractivity contribution in [3.63, 3.8) is 0 Å². The fourth-order valence-corrected chi connectivity index (χ4v) is 10.5. The van der Waals surface area contributed by atoms with Crippen LogP contribution in [0.5, 0.6) is 0 Å². The topological polar surface area (TPSA) is 300 Å². The van der Waals surface area contributed by atoms with Gasteiger partial charge < -0.3 is 59.5 Å². The van der Waals surface area contributed by atoms with Gasteiger partial charge in [0.15, 0.2) is 0 Å². The molecule has 6 aliphatic heterocycles. The summed E-state index contributed by atoms with van der Waals surface area (Å²) < 4.78 is 31.8. The minimum atomic E-state index is -0.137. The van der Waals surface area contributed by atoms with Crippen LogP contribution >= 0.6 is 58.0 Å². The number of nitrogens with zero attached hydrogens (tertiary/aromatic N) is 10. The van der Waals surface area contributed by atoms with Crippen LogP contribution in [-0.2, 0) is 42.8 Å². The summed E-state index contributed by atoms with van der Waals surface area (Å²) in [5.41, 5.74) is 13.6. The highest BCUT2D eigenvalue weighted by atomic mass is 35.5. The van der Waals surface area contributed by atoms with E-state index < -0.39 is 0 Å². The van der Waals surface area contributed by atoms with Gasteiger partial charge in [-0.3, -0.25) is 19.4 Å². The molecule has 0 bridgehead atoms. The number of aliphatic imine (C=N–C) groups is 1. The van der Waals surface area contributed by atoms with E-state index in [2.05, 4.69) is 48.7 Å². The lowest BCUT2D eigenvalue weighted by molar-refractivity contribution is -0.124. The van der Waals surface area contributed by atoms with Crippen LogP contribution in [0.2, 0.25) is 20.1 Å². The van der Waals surface area contributed by atoms with E-state index in [4.69, 9.17) is 108 Å². The second-order valence-corrected chi connectivity index (χ2v) is 22.6. The number of carbonyl (C=O) groups excluding carboxylic acids is 3. The Kier molecular flexibility index (Phi) is 31.8. The number of anilines is 2. The number of hydrogen-bond donors (Lipinski definition) is 3. The lowest BCUT2D eigenvalue weighted by Crippen LogP contribution is -2.32. The van der Waals surface area contributed by atoms with Gasteiger partial charge in [0.05, 0.1) is 108 Å². The summed E-state index contributed by atoms with van der Waals surface area (Å²) in [6.45, 7) is 12.1. The molecule has 11 rings (SSSR count). The average molecular weight is 1350 g/mol. The summed E-state index contributed by atoms with van der Waals surface area (Å²) in [6, 6.07) is 31.0. The van der Waals surface area contributed by atoms with Crippen molar-refractivity contribution in [2.75, 3.05) is 116 Å². The van der Waals surface area contributed by atoms with Gasteiger partial charge in [0.25, 0.3) is 0 Å². The standard InChI is InChI=1S/C17H18ClN5O.C13H11ClN2O2.C12H13ClN2O.C12H11ClN2O.C6H8ClNO2.C5H9NO2/c1-11-7-16(22-17(20)21-11)23-5-2-6-24-10-15(23)13-8-12(9-19)3-4-14(13)18;14-12-3-2-10(7-15)6-11(12)13-8-18-5-1-4-16(13)9-17;2*13-11-3-2-9(7-14)6-10(11)12-8-16-5-1-4-15-12;7-6-4-10-3-1-2-8(6)5-9;7-5-4-8-3-1-2-6-5/h3-4,7-8,15H,2,5-6,10H2,1H3,(H2,20,21,22);2-3,6,8-9H,1,4-5H2;2-3,6,12,15H,1,4-5,8H2;2-3,6H,1,4-5,8H2;4-5H,1-3H2;1-4H2,(H,6,7). The summed E-state index contributed by atoms with van der Waals surface area (Å²) in [5.74, 6) is 0.988. The molecule has 0 radical (unpaired) electrons. The molecule has 0 saturated carbocycles. The second-order valence-electron chi connectivity index (χ2n) is 20.6. The first-order chi connectivity index (χ1) is 44.7. The fraction of sp³-hybridized carbons (Fsp3) is 0.385. The molecule has 92 heavy (non-hydrogen) atoms. The van der Waals surface area contributed by atoms with E-state index >= 15 is 0 Å². The van der Waals surface area contributed by atoms with Gasteiger partial charge in [0.2, 0.25) is 24.7 Å². The number of rotatable bonds is 7. The molecular weight excluding hydrogens is 1280 g/mol. The third-order valence-corrected chi connectivity index (χ3v) is 15.6. The minimum absolute atomic E-state index is 0.00231. The van der Waals surface area contributed by atoms with E-state index in [-0.39, 0.29) is 30.5 Å². The SMILES string of the molecule is Cc1cc(N2CCCOCC2c2cc(C#N)ccc2Cl)nc(N)n1.N#Cc1ccc(Cl)c(C2=COCCCN2C=O)c1.N#Cc1ccc(Cl)c(C2=NCCCOC2)c1.N#Cc1ccc(Cl)c(C2COCCCN2)c1.O=C1COCCCN1.O=CN1CCCOC=C1Cl. The summed E-state index contributed by atoms with van der Waals surface area (Å²) in [7, 11) is 0. The molecule has 27 heteroatoms. The summed E-state index contributed by atoms with van der Waals surface area (Å²) >= 11 is 30.4. The number of benzene rings is 4. The average Bonchev–Trinajstić information content (AvgIpc) is 1.26. The van der Waals surface area contributed by atoms with Crippen LogP contribution in [0.25, 0.3) is 5.70 Å². The van der Waals surface area contributed by atoms with Crippen molar-refractivity contribution in [2.45, 2.75) is 57.5 Å². The van der Waals surface area contributed by atoms with Gasteiger partial charge in [-0.25, -0.2) is 4.98 Å². The number of amides is 3. The molecule has 3 amide bonds. The minimum Gasteiger partial charge on any atom is -0.499 e. The third-order valence-electron chi connectivity index (χ3n) is 13.9. The van der Waals surface area contributed by atoms with E-state index in [1.165, 1.54) is 22.3 Å². The highest BCUT2D eigenvalue weighted by Gasteiger charge is 2.28. The molecule has 22 nitrogen and oxygen atoms in total. The number of nitriles is 4. The summed E-state index contributed by atoms with van der Waals surface area (Å²) in [5, 5.41) is 44.6. The Balaban J connectivity index is 0.000000181. The molecule has 7 heterocycles. The number of ether oxygens (including phenoxy) is 6. The lowest BCUT2D eigenvalue weighted by Gasteiger charge is -2.31. The summed E-state index contributed by atoms with van der Waals surface area (Å²) in [4.78, 5) is 49.8. The molecule has 4 N–H and O–H groups in total. The van der Waals surface area contributed by atoms with Crippen LogP contribution in [0.15, 0.2) is 102 Å². The first-order valence-electron chi connectivity index (χ1n) is 29.4. The van der Waals surface area contributed by atoms with Crippen molar-refractivity contribution >= 4 is 99.9 Å². The first kappa shape index (κ1) is 73.0. The van der Waals surface area contributed by atoms with Crippen LogP contribution < -0.4 is 21.3 Å². The third kappa shape index (κ3) is 23.6. The van der Waals surface area contributed by atoms with Crippen molar-refractivity contribution in [3.05, 3.63) is 167 Å². The maximum atomic E-state index is 11.1. The van der Waals surface area contributed by atoms with Crippen molar-refractivity contribution in [1.82, 2.24) is 30.4 Å². The second kappa shape index (κ2) is 40.0. The maximum Gasteiger partial charge on any atom is 0.245 e. The molecule has 1 aromatic heterocycles. The van der Waals surface area contributed by atoms with Gasteiger partial charge in [-0.1, -0.05) is 58.0 Å². The van der Waals surface area contributed by atoms with E-state index in [9.17, 15) is 19.6 Å². The molecule has 2 atom stereocenters. The van der Waals surface area contributed by atoms with Gasteiger partial charge in [-0.2, -0.15) is 26.0 Å². The van der Waals surface area contributed by atoms with Crippen molar-refractivity contribution in [1.29, 1.82) is 21.0 Å². The molecule has 0 spiro atoms. The van der Waals surface area contributed by atoms with E-state index in [0.717, 1.165) is 118 Å². The molecule has 5 aromatic rings. The molecule has 484 valence electrons. The number of nitrogens with two attached hydrogens (primary N) is 1. The van der Waals surface area contributed by atoms with E-state index in [1.54, 1.807) is 60.7 Å². The fourth-order valence-electron chi connectivity index (χ4n) is 9.37. The zero-order chi connectivity index (χ0) is 66.0. The van der Waals surface area contributed by atoms with Crippen molar-refractivity contribution in [3.8, 4) is 24.3 Å². The van der Waals surface area contributed by atoms with E-state index in [0.29, 0.717) is 125 Å². The molecule has 3 saturated heterocycles. The predicted molar refractivity (Wildman–Crippen MR) is 351 cm³/mol. The molecule has 0 aliphatic carbocycles. The quantitative estimate of drug-likeness (QED) is 0.101. The Morgan fingerprint density at radius 1 is 0.587 bits per heavy atom. The molecule has 6 aliphatic rings. The predicted octanol–water partition coefficient (Wildman–Crippen LogP) is 10.4. The smallest absolute Gasteiger partial charge is 0.245 e. The lowest BCUT2D eigenvalue weighted by atomic mass is 10.0. The number of nitrogen functional groups attached to an aromatic ring is 1. The van der Waals surface area contributed by atoms with Crippen LogP contribution in [-0.4, -0.2) is 150 Å². The van der Waals surface area contributed by atoms with Crippen LogP contribution in [0.3, 0.4) is 0 Å². The maximum absolute atomic E-state index is 11.1. The number of nitrogens with one attached hydrogen (secondary N) is 2. The molecule has 3 fully saturated rings. The summed E-state index contributed by atoms with van der Waals surface area (Å²) in [6.07, 6.45) is 9.68. The van der Waals surface area contributed by atoms with Crippen molar-refractivity contribution < 1.29 is 42.8 Å². The first-order valence-corrected chi connectivity index (χ1v) is 31.3. The Hall–Kier alpha value is -8.07. The highest BCUT2D eigenvalue weighted by molar-refractivity contribution is 6.34. The van der Waals surface area contributed by atoms with Gasteiger partial charge >= 0.3 is 0 Å². The monoisotopic (exact) mass is 1350 g/mol. The van der Waals surface area contributed by atoms with Crippen LogP contribution in [0.1, 0.15) is 101 Å². The molecule has 2 unspecified atom stereocenters. The molecular formula is C65H70Cl5N13O9. The molecule has 4 aromatic carbocycles. The Bertz CT molecular complexity index is 3510. The van der Waals surface area contributed by atoms with Gasteiger partial charge in [0, 0.05) is 97.1 Å². The van der Waals surface area contributed by atoms with Crippen molar-refractivity contribution in [2.24, 2.45) is 4.99 Å². The zero-order valence-corrected chi connectivity index (χ0v) is 54.4. The Morgan fingerprint density at radius 2 is 1.13 bits per heavy atom. The van der Waals surface area contributed by atoms with Gasteiger partial charge in [0.1, 0.15) is 30.1 Å². The largest absolute Gasteiger partial charge is 0.499 e. The number of aryl methyl sites for hydroxylation is 1. The highest BCUT2D eigenvalue weighted by Crippen LogP contribution is 2.34. The number of aromatic nitrogens is 2. The van der Waals surface area contributed by atoms with Gasteiger partial charge in [-0.15, -0.1) is 0 Å².